The second kappa shape index (κ2) is 2.99. The lowest BCUT2D eigenvalue weighted by Crippen LogP contribution is -1.96. The lowest BCUT2D eigenvalue weighted by molar-refractivity contribution is 0.0697. The molecule has 1 N–H and O–H groups in total. The van der Waals surface area contributed by atoms with Gasteiger partial charge >= 0.3 is 5.97 Å². The van der Waals surface area contributed by atoms with Crippen molar-refractivity contribution >= 4 is 28.5 Å². The zero-order chi connectivity index (χ0) is 10.3. The molecule has 14 heavy (non-hydrogen) atoms. The third-order valence-corrected chi connectivity index (χ3v) is 2.17. The number of fused-ring (bicyclic) bond motifs is 1. The van der Waals surface area contributed by atoms with Crippen molar-refractivity contribution in [1.29, 1.82) is 0 Å². The second-order valence-electron chi connectivity index (χ2n) is 2.90. The molecule has 0 saturated heterocycles. The summed E-state index contributed by atoms with van der Waals surface area (Å²) in [6.07, 6.45) is 0. The Morgan fingerprint density at radius 1 is 1.57 bits per heavy atom. The van der Waals surface area contributed by atoms with Crippen LogP contribution in [0.4, 0.5) is 0 Å². The van der Waals surface area contributed by atoms with E-state index in [-0.39, 0.29) is 11.1 Å². The summed E-state index contributed by atoms with van der Waals surface area (Å²) in [5, 5.41) is 13.5. The van der Waals surface area contributed by atoms with Crippen LogP contribution in [-0.4, -0.2) is 16.2 Å². The van der Waals surface area contributed by atoms with Gasteiger partial charge in [-0.15, -0.1) is 0 Å². The summed E-state index contributed by atoms with van der Waals surface area (Å²) in [6.45, 7) is 1.73. The van der Waals surface area contributed by atoms with Gasteiger partial charge < -0.3 is 9.63 Å². The second-order valence-corrected chi connectivity index (χ2v) is 3.34. The fraction of sp³-hybridized carbons (Fsp3) is 0.111. The number of aromatic carboxylic acids is 1. The minimum Gasteiger partial charge on any atom is -0.478 e. The van der Waals surface area contributed by atoms with Gasteiger partial charge in [0.25, 0.3) is 0 Å². The molecule has 0 bridgehead atoms. The molecule has 0 spiro atoms. The van der Waals surface area contributed by atoms with Gasteiger partial charge in [-0.1, -0.05) is 16.8 Å². The third-order valence-electron chi connectivity index (χ3n) is 1.95. The summed E-state index contributed by atoms with van der Waals surface area (Å²) >= 11 is 5.76. The number of aryl methyl sites for hydroxylation is 1. The average molecular weight is 212 g/mol. The Labute approximate surface area is 84.1 Å². The largest absolute Gasteiger partial charge is 0.478 e. The number of aromatic nitrogens is 1. The quantitative estimate of drug-likeness (QED) is 0.787. The van der Waals surface area contributed by atoms with Crippen LogP contribution in [0.3, 0.4) is 0 Å². The topological polar surface area (TPSA) is 63.3 Å². The summed E-state index contributed by atoms with van der Waals surface area (Å²) in [6, 6.07) is 2.98. The predicted molar refractivity (Wildman–Crippen MR) is 50.7 cm³/mol. The van der Waals surface area contributed by atoms with Crippen LogP contribution in [0.1, 0.15) is 16.1 Å². The van der Waals surface area contributed by atoms with Crippen molar-refractivity contribution in [2.45, 2.75) is 6.92 Å². The highest BCUT2D eigenvalue weighted by atomic mass is 35.5. The van der Waals surface area contributed by atoms with Crippen molar-refractivity contribution in [3.63, 3.8) is 0 Å². The van der Waals surface area contributed by atoms with Crippen molar-refractivity contribution in [3.05, 3.63) is 28.4 Å². The van der Waals surface area contributed by atoms with E-state index in [1.54, 1.807) is 13.0 Å². The zero-order valence-electron chi connectivity index (χ0n) is 7.24. The molecule has 0 saturated carbocycles. The summed E-state index contributed by atoms with van der Waals surface area (Å²) in [5.74, 6) is -1.08. The molecule has 0 amide bonds. The first-order chi connectivity index (χ1) is 6.59. The monoisotopic (exact) mass is 211 g/mol. The highest BCUT2D eigenvalue weighted by molar-refractivity contribution is 6.32. The van der Waals surface area contributed by atoms with E-state index in [1.807, 2.05) is 0 Å². The molecule has 1 aromatic carbocycles. The standard InChI is InChI=1S/C9H6ClNO3/c1-4-6-2-5(10)3-7(9(12)13)8(6)14-11-4/h2-3H,1H3,(H,12,13). The van der Waals surface area contributed by atoms with Crippen molar-refractivity contribution in [3.8, 4) is 0 Å². The Morgan fingerprint density at radius 3 is 2.93 bits per heavy atom. The van der Waals surface area contributed by atoms with Crippen molar-refractivity contribution in [2.24, 2.45) is 0 Å². The van der Waals surface area contributed by atoms with Gasteiger partial charge in [0.1, 0.15) is 5.56 Å². The lowest BCUT2D eigenvalue weighted by atomic mass is 10.1. The van der Waals surface area contributed by atoms with Gasteiger partial charge in [-0.2, -0.15) is 0 Å². The highest BCUT2D eigenvalue weighted by Gasteiger charge is 2.15. The SMILES string of the molecule is Cc1noc2c(C(=O)O)cc(Cl)cc12. The summed E-state index contributed by atoms with van der Waals surface area (Å²) in [7, 11) is 0. The molecule has 2 aromatic rings. The van der Waals surface area contributed by atoms with Gasteiger partial charge in [0.05, 0.1) is 5.69 Å². The molecule has 0 aliphatic heterocycles. The normalized spacial score (nSPS) is 10.7. The van der Waals surface area contributed by atoms with Gasteiger partial charge in [-0.25, -0.2) is 4.79 Å². The van der Waals surface area contributed by atoms with Gasteiger partial charge in [-0.3, -0.25) is 0 Å². The molecule has 72 valence electrons. The van der Waals surface area contributed by atoms with Crippen LogP contribution in [-0.2, 0) is 0 Å². The van der Waals surface area contributed by atoms with Crippen LogP contribution < -0.4 is 0 Å². The first kappa shape index (κ1) is 9.02. The Morgan fingerprint density at radius 2 is 2.29 bits per heavy atom. The summed E-state index contributed by atoms with van der Waals surface area (Å²) in [4.78, 5) is 10.8. The molecule has 4 nitrogen and oxygen atoms in total. The molecule has 0 aliphatic rings. The van der Waals surface area contributed by atoms with E-state index < -0.39 is 5.97 Å². The zero-order valence-corrected chi connectivity index (χ0v) is 8.00. The maximum absolute atomic E-state index is 10.8. The molecule has 1 heterocycles. The first-order valence-electron chi connectivity index (χ1n) is 3.88. The molecular formula is C9H6ClNO3. The summed E-state index contributed by atoms with van der Waals surface area (Å²) < 4.78 is 4.91. The predicted octanol–water partition coefficient (Wildman–Crippen LogP) is 2.49. The Kier molecular flexibility index (Phi) is 1.93. The van der Waals surface area contributed by atoms with Crippen molar-refractivity contribution < 1.29 is 14.4 Å². The molecule has 5 heteroatoms. The first-order valence-corrected chi connectivity index (χ1v) is 4.26. The van der Waals surface area contributed by atoms with Gasteiger partial charge in [0.15, 0.2) is 5.58 Å². The fourth-order valence-corrected chi connectivity index (χ4v) is 1.50. The smallest absolute Gasteiger partial charge is 0.339 e. The molecule has 0 radical (unpaired) electrons. The van der Waals surface area contributed by atoms with E-state index in [0.29, 0.717) is 16.1 Å². The molecule has 0 aliphatic carbocycles. The minimum absolute atomic E-state index is 0.0353. The number of rotatable bonds is 1. The number of carbonyl (C=O) groups is 1. The van der Waals surface area contributed by atoms with Crippen LogP contribution in [0.5, 0.6) is 0 Å². The number of hydrogen-bond acceptors (Lipinski definition) is 3. The van der Waals surface area contributed by atoms with Crippen molar-refractivity contribution in [1.82, 2.24) is 5.16 Å². The Bertz CT molecular complexity index is 518. The highest BCUT2D eigenvalue weighted by Crippen LogP contribution is 2.26. The minimum atomic E-state index is -1.08. The van der Waals surface area contributed by atoms with Gasteiger partial charge in [-0.05, 0) is 19.1 Å². The number of hydrogen-bond donors (Lipinski definition) is 1. The van der Waals surface area contributed by atoms with E-state index >= 15 is 0 Å². The average Bonchev–Trinajstić information content (AvgIpc) is 2.47. The maximum Gasteiger partial charge on any atom is 0.339 e. The van der Waals surface area contributed by atoms with E-state index in [4.69, 9.17) is 21.2 Å². The lowest BCUT2D eigenvalue weighted by Gasteiger charge is -1.96. The molecular weight excluding hydrogens is 206 g/mol. The van der Waals surface area contributed by atoms with E-state index in [9.17, 15) is 4.79 Å². The fourth-order valence-electron chi connectivity index (χ4n) is 1.28. The van der Waals surface area contributed by atoms with Crippen LogP contribution in [0.25, 0.3) is 11.0 Å². The Balaban J connectivity index is 2.88. The van der Waals surface area contributed by atoms with Gasteiger partial charge in [0.2, 0.25) is 0 Å². The molecule has 0 atom stereocenters. The summed E-state index contributed by atoms with van der Waals surface area (Å²) in [5.41, 5.74) is 0.928. The van der Waals surface area contributed by atoms with E-state index in [0.717, 1.165) is 0 Å². The number of nitrogens with zero attached hydrogens (tertiary/aromatic N) is 1. The number of carboxylic acids is 1. The van der Waals surface area contributed by atoms with E-state index in [2.05, 4.69) is 5.16 Å². The molecule has 0 fully saturated rings. The number of halogens is 1. The molecule has 1 aromatic heterocycles. The Hall–Kier alpha value is -1.55. The third kappa shape index (κ3) is 1.24. The number of carboxylic acid groups (broad SMARTS) is 1. The molecule has 0 unspecified atom stereocenters. The van der Waals surface area contributed by atoms with Crippen LogP contribution in [0.15, 0.2) is 16.7 Å². The van der Waals surface area contributed by atoms with Gasteiger partial charge in [0, 0.05) is 10.4 Å². The van der Waals surface area contributed by atoms with Crippen molar-refractivity contribution in [2.75, 3.05) is 0 Å². The maximum atomic E-state index is 10.8. The van der Waals surface area contributed by atoms with Crippen LogP contribution in [0, 0.1) is 6.92 Å². The van der Waals surface area contributed by atoms with Crippen LogP contribution in [0.2, 0.25) is 5.02 Å². The molecule has 2 rings (SSSR count). The van der Waals surface area contributed by atoms with E-state index in [1.165, 1.54) is 6.07 Å². The number of benzene rings is 1. The van der Waals surface area contributed by atoms with Crippen LogP contribution >= 0.6 is 11.6 Å².